The summed E-state index contributed by atoms with van der Waals surface area (Å²) in [6, 6.07) is 20.8. The molecular weight excluding hydrogens is 524 g/mol. The second-order valence-corrected chi connectivity index (χ2v) is 10.2. The van der Waals surface area contributed by atoms with Crippen LogP contribution < -0.4 is 14.8 Å². The van der Waals surface area contributed by atoms with Gasteiger partial charge in [-0.15, -0.1) is 10.2 Å². The van der Waals surface area contributed by atoms with Gasteiger partial charge < -0.3 is 19.5 Å². The number of nitrogens with zero attached hydrogens (tertiary/aromatic N) is 3. The van der Waals surface area contributed by atoms with Crippen LogP contribution in [0.25, 0.3) is 11.4 Å². The van der Waals surface area contributed by atoms with Gasteiger partial charge in [0, 0.05) is 30.5 Å². The number of benzene rings is 3. The van der Waals surface area contributed by atoms with E-state index in [1.165, 1.54) is 0 Å². The predicted octanol–water partition coefficient (Wildman–Crippen LogP) is 5.76. The summed E-state index contributed by atoms with van der Waals surface area (Å²) in [4.78, 5) is 12.7. The number of hydrogen-bond acceptors (Lipinski definition) is 7. The molecule has 0 spiro atoms. The lowest BCUT2D eigenvalue weighted by molar-refractivity contribution is 0.0951. The zero-order valence-electron chi connectivity index (χ0n) is 21.0. The molecule has 4 aromatic rings. The van der Waals surface area contributed by atoms with Crippen molar-refractivity contribution in [3.05, 3.63) is 88.4 Å². The lowest BCUT2D eigenvalue weighted by Gasteiger charge is -2.17. The fraction of sp³-hybridized carbons (Fsp3) is 0.250. The summed E-state index contributed by atoms with van der Waals surface area (Å²) >= 11 is 8.03. The second-order valence-electron chi connectivity index (χ2n) is 8.82. The molecule has 0 saturated carbocycles. The van der Waals surface area contributed by atoms with Crippen LogP contribution in [0.5, 0.6) is 11.5 Å². The van der Waals surface area contributed by atoms with Crippen molar-refractivity contribution in [2.45, 2.75) is 30.4 Å². The first kappa shape index (κ1) is 26.1. The number of halogens is 1. The molecule has 1 N–H and O–H groups in total. The van der Waals surface area contributed by atoms with Gasteiger partial charge in [0.05, 0.1) is 17.7 Å². The Labute approximate surface area is 230 Å². The van der Waals surface area contributed by atoms with E-state index < -0.39 is 0 Å². The highest BCUT2D eigenvalue weighted by atomic mass is 35.5. The molecule has 2 heterocycles. The Hall–Kier alpha value is -3.53. The van der Waals surface area contributed by atoms with E-state index in [0.29, 0.717) is 41.1 Å². The number of thioether (sulfide) groups is 1. The fourth-order valence-corrected chi connectivity index (χ4v) is 5.36. The van der Waals surface area contributed by atoms with Gasteiger partial charge in [-0.25, -0.2) is 0 Å². The minimum absolute atomic E-state index is 0.0135. The molecule has 5 rings (SSSR count). The monoisotopic (exact) mass is 550 g/mol. The van der Waals surface area contributed by atoms with Gasteiger partial charge in [-0.3, -0.25) is 9.36 Å². The van der Waals surface area contributed by atoms with Crippen molar-refractivity contribution in [1.82, 2.24) is 20.1 Å². The Bertz CT molecular complexity index is 1430. The van der Waals surface area contributed by atoms with E-state index in [1.807, 2.05) is 66.7 Å². The minimum Gasteiger partial charge on any atom is -0.454 e. The third-order valence-corrected chi connectivity index (χ3v) is 7.45. The van der Waals surface area contributed by atoms with Crippen molar-refractivity contribution in [2.24, 2.45) is 0 Å². The molecule has 0 radical (unpaired) electrons. The van der Waals surface area contributed by atoms with Gasteiger partial charge >= 0.3 is 0 Å². The van der Waals surface area contributed by atoms with E-state index in [9.17, 15) is 4.79 Å². The number of ether oxygens (including phenoxy) is 3. The zero-order valence-corrected chi connectivity index (χ0v) is 22.6. The molecule has 1 aliphatic rings. The summed E-state index contributed by atoms with van der Waals surface area (Å²) in [5.41, 5.74) is 3.43. The lowest BCUT2D eigenvalue weighted by Crippen LogP contribution is -2.22. The number of aromatic nitrogens is 3. The normalized spacial score (nSPS) is 12.9. The molecule has 0 fully saturated rings. The third kappa shape index (κ3) is 5.80. The first-order valence-electron chi connectivity index (χ1n) is 12.1. The number of methoxy groups -OCH3 is 1. The molecule has 38 heavy (non-hydrogen) atoms. The van der Waals surface area contributed by atoms with Crippen molar-refractivity contribution < 1.29 is 19.0 Å². The predicted molar refractivity (Wildman–Crippen MR) is 147 cm³/mol. The maximum Gasteiger partial charge on any atom is 0.251 e. The van der Waals surface area contributed by atoms with Crippen LogP contribution in [0.15, 0.2) is 71.9 Å². The van der Waals surface area contributed by atoms with E-state index in [0.717, 1.165) is 27.6 Å². The SMILES string of the molecule is COC[C@@H](C)n1c(SCc2ccc(C(=O)NCc3ccc4c(c3)OCO4)cc2)nnc1-c1ccccc1Cl. The van der Waals surface area contributed by atoms with Gasteiger partial charge in [0.2, 0.25) is 6.79 Å². The number of fused-ring (bicyclic) bond motifs is 1. The summed E-state index contributed by atoms with van der Waals surface area (Å²) in [5.74, 6) is 2.65. The Balaban J connectivity index is 1.23. The molecule has 8 nitrogen and oxygen atoms in total. The lowest BCUT2D eigenvalue weighted by atomic mass is 10.1. The number of hydrogen-bond donors (Lipinski definition) is 1. The van der Waals surface area contributed by atoms with Crippen molar-refractivity contribution >= 4 is 29.3 Å². The molecule has 0 saturated heterocycles. The van der Waals surface area contributed by atoms with Gasteiger partial charge in [-0.05, 0) is 54.4 Å². The average molecular weight is 551 g/mol. The average Bonchev–Trinajstić information content (AvgIpc) is 3.58. The van der Waals surface area contributed by atoms with Crippen LogP contribution in [0.3, 0.4) is 0 Å². The van der Waals surface area contributed by atoms with E-state index >= 15 is 0 Å². The zero-order chi connectivity index (χ0) is 26.5. The van der Waals surface area contributed by atoms with E-state index in [-0.39, 0.29) is 18.7 Å². The standard InChI is InChI=1S/C28H27ClN4O4S/c1-18(15-35-2)33-26(22-5-3-4-6-23(22)29)31-32-28(33)38-16-19-7-10-21(11-8-19)27(34)30-14-20-9-12-24-25(13-20)37-17-36-24/h3-13,18H,14-17H2,1-2H3,(H,30,34)/t18-/m1/s1. The van der Waals surface area contributed by atoms with Crippen LogP contribution in [0.2, 0.25) is 5.02 Å². The van der Waals surface area contributed by atoms with Gasteiger partial charge in [0.1, 0.15) is 0 Å². The van der Waals surface area contributed by atoms with Crippen LogP contribution in [0.4, 0.5) is 0 Å². The first-order chi connectivity index (χ1) is 18.5. The van der Waals surface area contributed by atoms with Crippen LogP contribution in [-0.4, -0.2) is 41.2 Å². The van der Waals surface area contributed by atoms with Crippen molar-refractivity contribution in [3.63, 3.8) is 0 Å². The minimum atomic E-state index is -0.139. The molecule has 1 aromatic heterocycles. The highest BCUT2D eigenvalue weighted by Gasteiger charge is 2.21. The molecular formula is C28H27ClN4O4S. The summed E-state index contributed by atoms with van der Waals surface area (Å²) < 4.78 is 18.2. The van der Waals surface area contributed by atoms with Crippen molar-refractivity contribution in [1.29, 1.82) is 0 Å². The molecule has 0 bridgehead atoms. The highest BCUT2D eigenvalue weighted by Crippen LogP contribution is 2.34. The first-order valence-corrected chi connectivity index (χ1v) is 13.5. The topological polar surface area (TPSA) is 87.5 Å². The van der Waals surface area contributed by atoms with Crippen LogP contribution in [0, 0.1) is 0 Å². The molecule has 196 valence electrons. The summed E-state index contributed by atoms with van der Waals surface area (Å²) in [5, 5.41) is 13.2. The van der Waals surface area contributed by atoms with E-state index in [1.54, 1.807) is 18.9 Å². The van der Waals surface area contributed by atoms with E-state index in [2.05, 4.69) is 27.0 Å². The Morgan fingerprint density at radius 3 is 2.63 bits per heavy atom. The van der Waals surface area contributed by atoms with Gasteiger partial charge in [0.15, 0.2) is 22.5 Å². The summed E-state index contributed by atoms with van der Waals surface area (Å²) in [7, 11) is 1.68. The smallest absolute Gasteiger partial charge is 0.251 e. The molecule has 1 aliphatic heterocycles. The maximum absolute atomic E-state index is 12.7. The third-order valence-electron chi connectivity index (χ3n) is 6.10. The summed E-state index contributed by atoms with van der Waals surface area (Å²) in [6.07, 6.45) is 0. The Kier molecular flexibility index (Phi) is 8.17. The Morgan fingerprint density at radius 1 is 1.08 bits per heavy atom. The molecule has 1 amide bonds. The fourth-order valence-electron chi connectivity index (χ4n) is 4.15. The number of rotatable bonds is 10. The molecule has 10 heteroatoms. The Morgan fingerprint density at radius 2 is 1.84 bits per heavy atom. The van der Waals surface area contributed by atoms with Crippen LogP contribution in [-0.2, 0) is 17.0 Å². The van der Waals surface area contributed by atoms with Crippen LogP contribution >= 0.6 is 23.4 Å². The van der Waals surface area contributed by atoms with E-state index in [4.69, 9.17) is 25.8 Å². The molecule has 0 aliphatic carbocycles. The second kappa shape index (κ2) is 11.9. The molecule has 1 atom stereocenters. The van der Waals surface area contributed by atoms with Gasteiger partial charge in [0.25, 0.3) is 5.91 Å². The highest BCUT2D eigenvalue weighted by molar-refractivity contribution is 7.98. The molecule has 0 unspecified atom stereocenters. The summed E-state index contributed by atoms with van der Waals surface area (Å²) in [6.45, 7) is 3.20. The number of amides is 1. The van der Waals surface area contributed by atoms with Crippen LogP contribution in [0.1, 0.15) is 34.5 Å². The largest absolute Gasteiger partial charge is 0.454 e. The number of carbonyl (C=O) groups is 1. The van der Waals surface area contributed by atoms with Gasteiger partial charge in [-0.1, -0.05) is 53.7 Å². The van der Waals surface area contributed by atoms with Gasteiger partial charge in [-0.2, -0.15) is 0 Å². The quantitative estimate of drug-likeness (QED) is 0.251. The molecule has 3 aromatic carbocycles. The van der Waals surface area contributed by atoms with Crippen molar-refractivity contribution in [2.75, 3.05) is 20.5 Å². The number of carbonyl (C=O) groups excluding carboxylic acids is 1. The van der Waals surface area contributed by atoms with Crippen molar-refractivity contribution in [3.8, 4) is 22.9 Å². The number of nitrogens with one attached hydrogen (secondary N) is 1. The maximum atomic E-state index is 12.7.